The van der Waals surface area contributed by atoms with Crippen LogP contribution in [0.4, 0.5) is 20.2 Å². The number of fused-ring (bicyclic) bond motifs is 4. The van der Waals surface area contributed by atoms with E-state index in [0.717, 1.165) is 18.5 Å². The van der Waals surface area contributed by atoms with E-state index in [4.69, 9.17) is 23.2 Å². The second-order valence-electron chi connectivity index (χ2n) is 12.6. The van der Waals surface area contributed by atoms with Gasteiger partial charge >= 0.3 is 5.97 Å². The smallest absolute Gasteiger partial charge is 0.310 e. The number of carboxylic acid groups (broad SMARTS) is 1. The maximum atomic E-state index is 15.4. The first-order chi connectivity index (χ1) is 20.8. The molecule has 4 atom stereocenters. The van der Waals surface area contributed by atoms with Crippen LogP contribution in [0.25, 0.3) is 5.69 Å². The van der Waals surface area contributed by atoms with E-state index in [9.17, 15) is 20.1 Å². The summed E-state index contributed by atoms with van der Waals surface area (Å²) in [5.74, 6) is -6.91. The SMILES string of the molecule is Cc1nn(-c2ccccc2)cc1N(CC1CC1)C(=N)C1(C)C2CC(F)(F)CN2[C@]2(C(=O)Nc3c(Cl)cc(Cl)cc32)C1C(=O)O. The first kappa shape index (κ1) is 29.2. The monoisotopic (exact) mass is 642 g/mol. The zero-order chi connectivity index (χ0) is 31.3. The first-order valence-corrected chi connectivity index (χ1v) is 15.2. The van der Waals surface area contributed by atoms with Gasteiger partial charge in [0.2, 0.25) is 0 Å². The number of anilines is 2. The van der Waals surface area contributed by atoms with E-state index in [-0.39, 0.29) is 33.0 Å². The van der Waals surface area contributed by atoms with E-state index >= 15 is 8.78 Å². The zero-order valence-corrected chi connectivity index (χ0v) is 25.5. The Morgan fingerprint density at radius 2 is 1.93 bits per heavy atom. The molecule has 4 aliphatic rings. The number of benzene rings is 2. The van der Waals surface area contributed by atoms with Crippen molar-refractivity contribution >= 4 is 52.3 Å². The van der Waals surface area contributed by atoms with E-state index in [1.807, 2.05) is 30.3 Å². The molecule has 3 fully saturated rings. The minimum atomic E-state index is -3.23. The molecule has 4 heterocycles. The molecule has 0 bridgehead atoms. The molecule has 2 saturated heterocycles. The van der Waals surface area contributed by atoms with Crippen LogP contribution in [0.1, 0.15) is 37.4 Å². The summed E-state index contributed by atoms with van der Waals surface area (Å²) in [5.41, 5.74) is -1.57. The average molecular weight is 644 g/mol. The second-order valence-corrected chi connectivity index (χ2v) is 13.4. The number of aliphatic carboxylic acids is 1. The summed E-state index contributed by atoms with van der Waals surface area (Å²) in [4.78, 5) is 30.6. The molecule has 3 aromatic rings. The van der Waals surface area contributed by atoms with Crippen molar-refractivity contribution in [2.75, 3.05) is 23.3 Å². The summed E-state index contributed by atoms with van der Waals surface area (Å²) in [6.07, 6.45) is 2.93. The Bertz CT molecular complexity index is 1730. The Labute approximate surface area is 262 Å². The molecular formula is C31H30Cl2F2N6O3. The van der Waals surface area contributed by atoms with E-state index in [1.165, 1.54) is 24.0 Å². The lowest BCUT2D eigenvalue weighted by Gasteiger charge is -2.41. The number of carboxylic acids is 1. The summed E-state index contributed by atoms with van der Waals surface area (Å²) in [6.45, 7) is 2.87. The fourth-order valence-electron chi connectivity index (χ4n) is 7.74. The van der Waals surface area contributed by atoms with Gasteiger partial charge in [0.05, 0.1) is 45.9 Å². The molecular weight excluding hydrogens is 613 g/mol. The van der Waals surface area contributed by atoms with Crippen LogP contribution in [-0.2, 0) is 15.1 Å². The second kappa shape index (κ2) is 9.73. The van der Waals surface area contributed by atoms with Crippen molar-refractivity contribution in [3.63, 3.8) is 0 Å². The number of halogens is 4. The molecule has 13 heteroatoms. The van der Waals surface area contributed by atoms with E-state index in [0.29, 0.717) is 17.9 Å². The Kier molecular flexibility index (Phi) is 6.45. The Morgan fingerprint density at radius 3 is 2.59 bits per heavy atom. The number of hydrogen-bond acceptors (Lipinski definition) is 5. The third-order valence-electron chi connectivity index (χ3n) is 9.83. The number of alkyl halides is 2. The summed E-state index contributed by atoms with van der Waals surface area (Å²) in [7, 11) is 0. The molecule has 1 aliphatic carbocycles. The number of hydrogen-bond donors (Lipinski definition) is 3. The van der Waals surface area contributed by atoms with E-state index in [1.54, 1.807) is 22.7 Å². The first-order valence-electron chi connectivity index (χ1n) is 14.5. The van der Waals surface area contributed by atoms with Crippen molar-refractivity contribution in [2.45, 2.75) is 50.6 Å². The molecule has 1 amide bonds. The summed E-state index contributed by atoms with van der Waals surface area (Å²) < 4.78 is 32.5. The molecule has 0 radical (unpaired) electrons. The van der Waals surface area contributed by atoms with Gasteiger partial charge in [0.1, 0.15) is 17.3 Å². The van der Waals surface area contributed by atoms with Gasteiger partial charge in [-0.25, -0.2) is 13.5 Å². The van der Waals surface area contributed by atoms with Crippen LogP contribution in [0, 0.1) is 29.6 Å². The van der Waals surface area contributed by atoms with Crippen LogP contribution in [-0.4, -0.2) is 62.6 Å². The third-order valence-corrected chi connectivity index (χ3v) is 10.3. The van der Waals surface area contributed by atoms with Crippen molar-refractivity contribution < 1.29 is 23.5 Å². The third kappa shape index (κ3) is 4.05. The summed E-state index contributed by atoms with van der Waals surface area (Å²) in [6, 6.07) is 11.1. The quantitative estimate of drug-likeness (QED) is 0.226. The topological polar surface area (TPSA) is 115 Å². The fourth-order valence-corrected chi connectivity index (χ4v) is 8.28. The molecule has 3 aliphatic heterocycles. The van der Waals surface area contributed by atoms with Gasteiger partial charge in [0.25, 0.3) is 11.8 Å². The standard InChI is InChI=1S/C31H30Cl2F2N6O3/c1-16-22(14-41(38-16)19-6-4-3-5-7-19)39(13-17-8-9-17)27(36)29(2)23-12-30(34,35)15-40(23)31(25(29)26(42)43)20-10-18(32)11-21(33)24(20)37-28(31)44/h3-7,10-11,14,17,23,25,36H,8-9,12-13,15H2,1-2H3,(H,37,44)(H,42,43)/t23?,25?,29?,31-/m0/s1. The molecule has 230 valence electrons. The maximum absolute atomic E-state index is 15.4. The van der Waals surface area contributed by atoms with E-state index < -0.39 is 53.7 Å². The molecule has 1 saturated carbocycles. The van der Waals surface area contributed by atoms with E-state index in [2.05, 4.69) is 10.4 Å². The Morgan fingerprint density at radius 1 is 1.23 bits per heavy atom. The van der Waals surface area contributed by atoms with Crippen molar-refractivity contribution in [3.8, 4) is 5.69 Å². The highest BCUT2D eigenvalue weighted by Crippen LogP contribution is 2.65. The average Bonchev–Trinajstić information content (AvgIpc) is 3.43. The molecule has 3 unspecified atom stereocenters. The van der Waals surface area contributed by atoms with Crippen LogP contribution in [0.3, 0.4) is 0 Å². The number of carbonyl (C=O) groups excluding carboxylic acids is 1. The highest BCUT2D eigenvalue weighted by molar-refractivity contribution is 6.38. The number of aryl methyl sites for hydroxylation is 1. The van der Waals surface area contributed by atoms with Crippen LogP contribution in [0.5, 0.6) is 0 Å². The molecule has 1 spiro atoms. The van der Waals surface area contributed by atoms with Gasteiger partial charge in [0, 0.05) is 29.6 Å². The van der Waals surface area contributed by atoms with Gasteiger partial charge in [-0.1, -0.05) is 48.3 Å². The lowest BCUT2D eigenvalue weighted by atomic mass is 9.64. The van der Waals surface area contributed by atoms with Gasteiger partial charge in [-0.15, -0.1) is 0 Å². The fraction of sp³-hybridized carbons (Fsp3) is 0.419. The number of rotatable bonds is 6. The largest absolute Gasteiger partial charge is 0.481 e. The molecule has 2 aromatic carbocycles. The van der Waals surface area contributed by atoms with Gasteiger partial charge < -0.3 is 15.3 Å². The molecule has 44 heavy (non-hydrogen) atoms. The van der Waals surface area contributed by atoms with Gasteiger partial charge in [-0.3, -0.25) is 19.9 Å². The van der Waals surface area contributed by atoms with Crippen molar-refractivity contribution in [3.05, 3.63) is 70.0 Å². The molecule has 1 aromatic heterocycles. The normalized spacial score (nSPS) is 28.6. The number of carbonyl (C=O) groups is 2. The lowest BCUT2D eigenvalue weighted by Crippen LogP contribution is -2.57. The minimum absolute atomic E-state index is 0.0763. The molecule has 3 N–H and O–H groups in total. The van der Waals surface area contributed by atoms with Crippen molar-refractivity contribution in [1.82, 2.24) is 14.7 Å². The van der Waals surface area contributed by atoms with Crippen molar-refractivity contribution in [2.24, 2.45) is 17.3 Å². The highest BCUT2D eigenvalue weighted by Gasteiger charge is 2.78. The Hall–Kier alpha value is -3.54. The van der Waals surface area contributed by atoms with Crippen LogP contribution in [0.2, 0.25) is 10.0 Å². The van der Waals surface area contributed by atoms with Crippen LogP contribution >= 0.6 is 23.2 Å². The number of nitrogens with one attached hydrogen (secondary N) is 2. The van der Waals surface area contributed by atoms with Gasteiger partial charge in [-0.05, 0) is 49.9 Å². The van der Waals surface area contributed by atoms with Gasteiger partial charge in [0.15, 0.2) is 0 Å². The number of amides is 1. The van der Waals surface area contributed by atoms with Crippen molar-refractivity contribution in [1.29, 1.82) is 5.41 Å². The summed E-state index contributed by atoms with van der Waals surface area (Å²) >= 11 is 12.8. The number of aromatic nitrogens is 2. The number of amidine groups is 1. The highest BCUT2D eigenvalue weighted by atomic mass is 35.5. The maximum Gasteiger partial charge on any atom is 0.310 e. The Balaban J connectivity index is 1.42. The van der Waals surface area contributed by atoms with Crippen LogP contribution in [0.15, 0.2) is 48.7 Å². The number of nitrogens with zero attached hydrogens (tertiary/aromatic N) is 4. The predicted molar refractivity (Wildman–Crippen MR) is 162 cm³/mol. The van der Waals surface area contributed by atoms with Crippen LogP contribution < -0.4 is 10.2 Å². The zero-order valence-electron chi connectivity index (χ0n) is 24.0. The van der Waals surface area contributed by atoms with Gasteiger partial charge in [-0.2, -0.15) is 5.10 Å². The lowest BCUT2D eigenvalue weighted by molar-refractivity contribution is -0.152. The molecule has 7 rings (SSSR count). The number of para-hydroxylation sites is 1. The predicted octanol–water partition coefficient (Wildman–Crippen LogP) is 5.96. The molecule has 9 nitrogen and oxygen atoms in total. The summed E-state index contributed by atoms with van der Waals surface area (Å²) in [5, 5.41) is 28.3. The minimum Gasteiger partial charge on any atom is -0.481 e.